The standard InChI is InChI=1S/C33H38N8/c1-4-6-7-11-20-40-21-19-34-33(40)25-15-17-27-29(22-25)41(30(35-27)12-5-2)28-18-16-26(24-13-9-8-10-14-24)31(23(28)3)32-36-38-39-37-32/h8-10,13-18,22H,4-7,11-12,19-21H2,1-3H3,(H,36,37,38,39). The number of nitrogens with zero attached hydrogens (tertiary/aromatic N) is 7. The number of aryl methyl sites for hydroxylation is 1. The fourth-order valence-electron chi connectivity index (χ4n) is 6.00. The molecule has 6 rings (SSSR count). The minimum atomic E-state index is 0.657. The highest BCUT2D eigenvalue weighted by atomic mass is 15.5. The van der Waals surface area contributed by atoms with Crippen LogP contribution in [0, 0.1) is 6.92 Å². The van der Waals surface area contributed by atoms with Crippen LogP contribution in [0.1, 0.15) is 62.9 Å². The number of hydrogen-bond acceptors (Lipinski definition) is 6. The van der Waals surface area contributed by atoms with Gasteiger partial charge in [-0.3, -0.25) is 9.56 Å². The third-order valence-electron chi connectivity index (χ3n) is 8.01. The number of H-pyrrole nitrogens is 1. The molecule has 0 saturated heterocycles. The van der Waals surface area contributed by atoms with E-state index < -0.39 is 0 Å². The Balaban J connectivity index is 1.48. The molecule has 210 valence electrons. The van der Waals surface area contributed by atoms with Crippen LogP contribution in [-0.2, 0) is 6.42 Å². The number of rotatable bonds is 11. The van der Waals surface area contributed by atoms with Gasteiger partial charge in [0.15, 0.2) is 5.82 Å². The predicted octanol–water partition coefficient (Wildman–Crippen LogP) is 6.78. The van der Waals surface area contributed by atoms with Gasteiger partial charge in [-0.2, -0.15) is 0 Å². The van der Waals surface area contributed by atoms with Crippen molar-refractivity contribution in [1.82, 2.24) is 35.1 Å². The first-order valence-electron chi connectivity index (χ1n) is 14.9. The number of fused-ring (bicyclic) bond motifs is 1. The van der Waals surface area contributed by atoms with Gasteiger partial charge in [-0.15, -0.1) is 5.10 Å². The van der Waals surface area contributed by atoms with Crippen molar-refractivity contribution in [2.45, 2.75) is 59.3 Å². The number of aliphatic imine (C=N–C) groups is 1. The zero-order valence-electron chi connectivity index (χ0n) is 24.3. The number of aromatic amines is 1. The highest BCUT2D eigenvalue weighted by Gasteiger charge is 2.23. The maximum absolute atomic E-state index is 5.11. The summed E-state index contributed by atoms with van der Waals surface area (Å²) >= 11 is 0. The lowest BCUT2D eigenvalue weighted by molar-refractivity contribution is 0.434. The molecule has 1 aliphatic rings. The molecule has 8 nitrogen and oxygen atoms in total. The lowest BCUT2D eigenvalue weighted by Crippen LogP contribution is -2.29. The van der Waals surface area contributed by atoms with Crippen LogP contribution in [0.25, 0.3) is 39.2 Å². The molecule has 8 heteroatoms. The van der Waals surface area contributed by atoms with E-state index in [1.807, 2.05) is 6.07 Å². The number of tetrazole rings is 1. The van der Waals surface area contributed by atoms with E-state index in [4.69, 9.17) is 9.98 Å². The molecule has 41 heavy (non-hydrogen) atoms. The highest BCUT2D eigenvalue weighted by Crippen LogP contribution is 2.37. The molecule has 3 aromatic carbocycles. The molecular weight excluding hydrogens is 508 g/mol. The van der Waals surface area contributed by atoms with Crippen molar-refractivity contribution in [1.29, 1.82) is 0 Å². The summed E-state index contributed by atoms with van der Waals surface area (Å²) in [5, 5.41) is 15.1. The largest absolute Gasteiger partial charge is 0.355 e. The summed E-state index contributed by atoms with van der Waals surface area (Å²) in [7, 11) is 0. The molecule has 0 fully saturated rings. The summed E-state index contributed by atoms with van der Waals surface area (Å²) in [6.45, 7) is 9.53. The Hall–Kier alpha value is -4.33. The van der Waals surface area contributed by atoms with Crippen LogP contribution >= 0.6 is 0 Å². The summed E-state index contributed by atoms with van der Waals surface area (Å²) < 4.78 is 2.33. The average Bonchev–Trinajstić information content (AvgIpc) is 3.76. The van der Waals surface area contributed by atoms with Crippen molar-refractivity contribution in [3.63, 3.8) is 0 Å². The third kappa shape index (κ3) is 5.26. The van der Waals surface area contributed by atoms with E-state index in [2.05, 4.69) is 105 Å². The van der Waals surface area contributed by atoms with Gasteiger partial charge < -0.3 is 4.90 Å². The maximum Gasteiger partial charge on any atom is 0.180 e. The first-order valence-corrected chi connectivity index (χ1v) is 14.9. The maximum atomic E-state index is 5.11. The van der Waals surface area contributed by atoms with Gasteiger partial charge in [-0.25, -0.2) is 10.1 Å². The molecule has 1 N–H and O–H groups in total. The fraction of sp³-hybridized carbons (Fsp3) is 0.364. The summed E-state index contributed by atoms with van der Waals surface area (Å²) in [6, 6.07) is 21.4. The Morgan fingerprint density at radius 1 is 0.902 bits per heavy atom. The molecule has 1 aliphatic heterocycles. The van der Waals surface area contributed by atoms with Crippen molar-refractivity contribution in [3.05, 3.63) is 77.6 Å². The van der Waals surface area contributed by atoms with Crippen molar-refractivity contribution >= 4 is 16.9 Å². The normalized spacial score (nSPS) is 13.3. The van der Waals surface area contributed by atoms with Crippen molar-refractivity contribution in [3.8, 4) is 28.2 Å². The van der Waals surface area contributed by atoms with E-state index in [-0.39, 0.29) is 0 Å². The average molecular weight is 547 g/mol. The minimum absolute atomic E-state index is 0.657. The second-order valence-corrected chi connectivity index (χ2v) is 10.8. The zero-order chi connectivity index (χ0) is 28.2. The topological polar surface area (TPSA) is 87.9 Å². The Bertz CT molecular complexity index is 1650. The molecule has 0 bridgehead atoms. The van der Waals surface area contributed by atoms with E-state index in [1.54, 1.807) is 0 Å². The molecule has 5 aromatic rings. The van der Waals surface area contributed by atoms with Gasteiger partial charge in [-0.1, -0.05) is 69.5 Å². The Kier molecular flexibility index (Phi) is 7.89. The molecule has 0 spiro atoms. The number of aromatic nitrogens is 6. The van der Waals surface area contributed by atoms with Crippen LogP contribution in [0.5, 0.6) is 0 Å². The smallest absolute Gasteiger partial charge is 0.180 e. The molecule has 2 aromatic heterocycles. The van der Waals surface area contributed by atoms with Crippen LogP contribution < -0.4 is 0 Å². The first kappa shape index (κ1) is 26.9. The fourth-order valence-corrected chi connectivity index (χ4v) is 6.00. The zero-order valence-corrected chi connectivity index (χ0v) is 24.3. The molecule has 0 atom stereocenters. The quantitative estimate of drug-likeness (QED) is 0.185. The summed E-state index contributed by atoms with van der Waals surface area (Å²) in [5.41, 5.74) is 8.66. The highest BCUT2D eigenvalue weighted by molar-refractivity contribution is 6.02. The van der Waals surface area contributed by atoms with Gasteiger partial charge in [-0.05, 0) is 71.1 Å². The van der Waals surface area contributed by atoms with Crippen LogP contribution in [0.2, 0.25) is 0 Å². The van der Waals surface area contributed by atoms with Gasteiger partial charge in [0.2, 0.25) is 0 Å². The predicted molar refractivity (Wildman–Crippen MR) is 166 cm³/mol. The molecule has 0 amide bonds. The van der Waals surface area contributed by atoms with Gasteiger partial charge in [0, 0.05) is 30.6 Å². The Morgan fingerprint density at radius 2 is 1.78 bits per heavy atom. The molecular formula is C33H38N8. The molecule has 3 heterocycles. The first-order chi connectivity index (χ1) is 20.2. The van der Waals surface area contributed by atoms with Crippen LogP contribution in [0.15, 0.2) is 65.7 Å². The Morgan fingerprint density at radius 3 is 2.56 bits per heavy atom. The van der Waals surface area contributed by atoms with Crippen molar-refractivity contribution < 1.29 is 0 Å². The Labute approximate surface area is 241 Å². The second kappa shape index (κ2) is 12.0. The van der Waals surface area contributed by atoms with E-state index in [1.165, 1.54) is 25.7 Å². The van der Waals surface area contributed by atoms with E-state index in [0.717, 1.165) is 88.7 Å². The summed E-state index contributed by atoms with van der Waals surface area (Å²) in [6.07, 6.45) is 6.91. The number of unbranched alkanes of at least 4 members (excludes halogenated alkanes) is 3. The van der Waals surface area contributed by atoms with Gasteiger partial charge in [0.05, 0.1) is 23.3 Å². The number of benzene rings is 3. The van der Waals surface area contributed by atoms with Crippen LogP contribution in [0.4, 0.5) is 0 Å². The van der Waals surface area contributed by atoms with Gasteiger partial charge in [0.1, 0.15) is 11.7 Å². The van der Waals surface area contributed by atoms with Crippen LogP contribution in [-0.4, -0.2) is 60.5 Å². The molecule has 0 aliphatic carbocycles. The molecule has 0 radical (unpaired) electrons. The summed E-state index contributed by atoms with van der Waals surface area (Å²) in [4.78, 5) is 12.5. The van der Waals surface area contributed by atoms with E-state index in [9.17, 15) is 0 Å². The van der Waals surface area contributed by atoms with Crippen LogP contribution in [0.3, 0.4) is 0 Å². The molecule has 0 saturated carbocycles. The third-order valence-corrected chi connectivity index (χ3v) is 8.01. The lowest BCUT2D eigenvalue weighted by atomic mass is 9.94. The SMILES string of the molecule is CCCCCCN1CCN=C1c1ccc2nc(CCC)n(-c3ccc(-c4ccccc4)c(-c4nnn[nH]4)c3C)c2c1. The van der Waals surface area contributed by atoms with Gasteiger partial charge in [0.25, 0.3) is 0 Å². The number of imidazole rings is 1. The minimum Gasteiger partial charge on any atom is -0.355 e. The van der Waals surface area contributed by atoms with E-state index in [0.29, 0.717) is 5.82 Å². The second-order valence-electron chi connectivity index (χ2n) is 10.8. The van der Waals surface area contributed by atoms with E-state index >= 15 is 0 Å². The monoisotopic (exact) mass is 546 g/mol. The number of hydrogen-bond donors (Lipinski definition) is 1. The lowest BCUT2D eigenvalue weighted by Gasteiger charge is -2.21. The van der Waals surface area contributed by atoms with Crippen molar-refractivity contribution in [2.24, 2.45) is 4.99 Å². The number of amidine groups is 1. The summed E-state index contributed by atoms with van der Waals surface area (Å²) in [5.74, 6) is 2.82. The number of nitrogens with one attached hydrogen (secondary N) is 1. The van der Waals surface area contributed by atoms with Gasteiger partial charge >= 0.3 is 0 Å². The molecule has 0 unspecified atom stereocenters. The van der Waals surface area contributed by atoms with Crippen molar-refractivity contribution in [2.75, 3.05) is 19.6 Å².